The van der Waals surface area contributed by atoms with Gasteiger partial charge < -0.3 is 33.5 Å². The Bertz CT molecular complexity index is 801. The van der Waals surface area contributed by atoms with Gasteiger partial charge in [-0.1, -0.05) is 26.0 Å². The molecule has 1 N–H and O–H groups in total. The number of rotatable bonds is 9. The molecule has 2 fully saturated rings. The molecular formula is C25H38O8. The van der Waals surface area contributed by atoms with E-state index in [9.17, 15) is 9.90 Å². The van der Waals surface area contributed by atoms with Gasteiger partial charge in [0, 0.05) is 0 Å². The van der Waals surface area contributed by atoms with Crippen molar-refractivity contribution in [3.63, 3.8) is 0 Å². The Morgan fingerprint density at radius 3 is 2.39 bits per heavy atom. The Morgan fingerprint density at radius 2 is 1.79 bits per heavy atom. The second kappa shape index (κ2) is 9.98. The van der Waals surface area contributed by atoms with Crippen LogP contribution >= 0.6 is 0 Å². The zero-order valence-electron chi connectivity index (χ0n) is 20.8. The SMILES string of the molecule is COc1ccc(COC[C@H]2OC(C)(C)O[C@@H]2C(=O)C(C)(C)[C@@H](O)[C@@H]2CCOC(C)(C)O2)cc1. The summed E-state index contributed by atoms with van der Waals surface area (Å²) < 4.78 is 34.5. The third kappa shape index (κ3) is 6.32. The van der Waals surface area contributed by atoms with E-state index >= 15 is 0 Å². The molecule has 186 valence electrons. The van der Waals surface area contributed by atoms with Crippen LogP contribution in [0.3, 0.4) is 0 Å². The van der Waals surface area contributed by atoms with Crippen LogP contribution < -0.4 is 4.74 Å². The summed E-state index contributed by atoms with van der Waals surface area (Å²) in [5.41, 5.74) is -0.146. The van der Waals surface area contributed by atoms with Crippen molar-refractivity contribution in [2.24, 2.45) is 5.41 Å². The molecule has 0 unspecified atom stereocenters. The molecule has 3 rings (SSSR count). The highest BCUT2D eigenvalue weighted by molar-refractivity contribution is 5.89. The number of hydrogen-bond donors (Lipinski definition) is 1. The number of methoxy groups -OCH3 is 1. The van der Waals surface area contributed by atoms with Crippen LogP contribution in [0.4, 0.5) is 0 Å². The molecule has 0 bridgehead atoms. The molecule has 0 aliphatic carbocycles. The van der Waals surface area contributed by atoms with Crippen molar-refractivity contribution in [3.05, 3.63) is 29.8 Å². The van der Waals surface area contributed by atoms with E-state index in [1.54, 1.807) is 48.7 Å². The van der Waals surface area contributed by atoms with Crippen molar-refractivity contribution in [2.75, 3.05) is 20.3 Å². The van der Waals surface area contributed by atoms with Gasteiger partial charge >= 0.3 is 0 Å². The van der Waals surface area contributed by atoms with Gasteiger partial charge in [-0.3, -0.25) is 4.79 Å². The summed E-state index contributed by atoms with van der Waals surface area (Å²) in [6.45, 7) is 11.6. The van der Waals surface area contributed by atoms with E-state index in [0.717, 1.165) is 11.3 Å². The van der Waals surface area contributed by atoms with E-state index < -0.39 is 41.4 Å². The molecule has 8 nitrogen and oxygen atoms in total. The molecule has 1 aromatic carbocycles. The first-order valence-corrected chi connectivity index (χ1v) is 11.4. The van der Waals surface area contributed by atoms with Crippen LogP contribution in [0, 0.1) is 5.41 Å². The van der Waals surface area contributed by atoms with Crippen molar-refractivity contribution in [3.8, 4) is 5.75 Å². The molecule has 2 aliphatic rings. The van der Waals surface area contributed by atoms with Gasteiger partial charge in [0.05, 0.1) is 44.6 Å². The van der Waals surface area contributed by atoms with Crippen LogP contribution in [0.2, 0.25) is 0 Å². The average Bonchev–Trinajstić information content (AvgIpc) is 3.06. The molecule has 0 spiro atoms. The van der Waals surface area contributed by atoms with Crippen LogP contribution in [-0.4, -0.2) is 67.2 Å². The van der Waals surface area contributed by atoms with Crippen LogP contribution in [0.25, 0.3) is 0 Å². The third-order valence-electron chi connectivity index (χ3n) is 6.17. The van der Waals surface area contributed by atoms with Gasteiger partial charge in [0.15, 0.2) is 17.4 Å². The summed E-state index contributed by atoms with van der Waals surface area (Å²) in [4.78, 5) is 13.6. The number of ether oxygens (including phenoxy) is 6. The maximum atomic E-state index is 13.6. The molecule has 0 aromatic heterocycles. The van der Waals surface area contributed by atoms with Gasteiger partial charge in [0.25, 0.3) is 0 Å². The monoisotopic (exact) mass is 466 g/mol. The second-order valence-corrected chi connectivity index (χ2v) is 10.2. The van der Waals surface area contributed by atoms with Crippen LogP contribution in [0.5, 0.6) is 5.75 Å². The molecule has 2 saturated heterocycles. The summed E-state index contributed by atoms with van der Waals surface area (Å²) in [6, 6.07) is 7.58. The Hall–Kier alpha value is -1.55. The molecule has 8 heteroatoms. The predicted molar refractivity (Wildman–Crippen MR) is 121 cm³/mol. The highest BCUT2D eigenvalue weighted by Gasteiger charge is 2.53. The van der Waals surface area contributed by atoms with Crippen molar-refractivity contribution in [1.29, 1.82) is 0 Å². The van der Waals surface area contributed by atoms with Gasteiger partial charge in [0.1, 0.15) is 18.0 Å². The number of aliphatic hydroxyl groups excluding tert-OH is 1. The Labute approximate surface area is 196 Å². The highest BCUT2D eigenvalue weighted by Crippen LogP contribution is 2.38. The molecule has 0 radical (unpaired) electrons. The smallest absolute Gasteiger partial charge is 0.172 e. The number of hydrogen-bond acceptors (Lipinski definition) is 8. The fourth-order valence-electron chi connectivity index (χ4n) is 4.27. The zero-order valence-corrected chi connectivity index (χ0v) is 20.8. The number of carbonyl (C=O) groups excluding carboxylic acids is 1. The second-order valence-electron chi connectivity index (χ2n) is 10.2. The first-order chi connectivity index (χ1) is 15.3. The summed E-state index contributed by atoms with van der Waals surface area (Å²) in [7, 11) is 1.62. The largest absolute Gasteiger partial charge is 0.497 e. The lowest BCUT2D eigenvalue weighted by Crippen LogP contribution is -2.55. The minimum atomic E-state index is -1.12. The first kappa shape index (κ1) is 26.1. The first-order valence-electron chi connectivity index (χ1n) is 11.4. The van der Waals surface area contributed by atoms with Crippen LogP contribution in [0.1, 0.15) is 53.5 Å². The average molecular weight is 467 g/mol. The van der Waals surface area contributed by atoms with E-state index in [4.69, 9.17) is 28.4 Å². The summed E-state index contributed by atoms with van der Waals surface area (Å²) in [5, 5.41) is 11.1. The van der Waals surface area contributed by atoms with Crippen molar-refractivity contribution >= 4 is 5.78 Å². The van der Waals surface area contributed by atoms with Gasteiger partial charge in [0.2, 0.25) is 0 Å². The van der Waals surface area contributed by atoms with Gasteiger partial charge in [-0.25, -0.2) is 0 Å². The lowest BCUT2D eigenvalue weighted by Gasteiger charge is -2.42. The zero-order chi connectivity index (χ0) is 24.4. The summed E-state index contributed by atoms with van der Waals surface area (Å²) in [6.07, 6.45) is -2.50. The predicted octanol–water partition coefficient (Wildman–Crippen LogP) is 3.23. The molecule has 2 aliphatic heterocycles. The summed E-state index contributed by atoms with van der Waals surface area (Å²) in [5.74, 6) is -1.22. The number of benzene rings is 1. The fraction of sp³-hybridized carbons (Fsp3) is 0.720. The number of Topliss-reactive ketones (excluding diaryl/α,β-unsaturated/α-hetero) is 1. The highest BCUT2D eigenvalue weighted by atomic mass is 16.8. The number of carbonyl (C=O) groups is 1. The lowest BCUT2D eigenvalue weighted by atomic mass is 9.76. The van der Waals surface area contributed by atoms with Crippen LogP contribution in [0.15, 0.2) is 24.3 Å². The fourth-order valence-corrected chi connectivity index (χ4v) is 4.27. The normalized spacial score (nSPS) is 27.8. The molecule has 33 heavy (non-hydrogen) atoms. The van der Waals surface area contributed by atoms with Crippen molar-refractivity contribution in [1.82, 2.24) is 0 Å². The molecule has 0 saturated carbocycles. The van der Waals surface area contributed by atoms with E-state index in [1.807, 2.05) is 24.3 Å². The molecule has 4 atom stereocenters. The van der Waals surface area contributed by atoms with Crippen molar-refractivity contribution < 1.29 is 38.3 Å². The van der Waals surface area contributed by atoms with Gasteiger partial charge in [-0.2, -0.15) is 0 Å². The number of aliphatic hydroxyl groups is 1. The van der Waals surface area contributed by atoms with E-state index in [1.165, 1.54) is 0 Å². The van der Waals surface area contributed by atoms with E-state index in [-0.39, 0.29) is 12.4 Å². The Morgan fingerprint density at radius 1 is 1.12 bits per heavy atom. The quantitative estimate of drug-likeness (QED) is 0.593. The molecule has 0 amide bonds. The molecule has 2 heterocycles. The standard InChI is InChI=1S/C25H38O8/c1-23(2,21(26)18-12-13-30-24(3,4)31-18)22(27)20-19(32-25(5,6)33-20)15-29-14-16-8-10-17(28-7)11-9-16/h8-11,18-21,26H,12-15H2,1-7H3/t18-,19+,20-,21-/m0/s1. The Balaban J connectivity index is 1.65. The maximum Gasteiger partial charge on any atom is 0.172 e. The number of ketones is 1. The topological polar surface area (TPSA) is 92.7 Å². The minimum Gasteiger partial charge on any atom is -0.497 e. The van der Waals surface area contributed by atoms with Gasteiger partial charge in [-0.05, 0) is 51.8 Å². The van der Waals surface area contributed by atoms with E-state index in [2.05, 4.69) is 0 Å². The minimum absolute atomic E-state index is 0.179. The Kier molecular flexibility index (Phi) is 7.88. The van der Waals surface area contributed by atoms with E-state index in [0.29, 0.717) is 19.6 Å². The van der Waals surface area contributed by atoms with Crippen LogP contribution in [-0.2, 0) is 35.1 Å². The molecular weight excluding hydrogens is 428 g/mol. The van der Waals surface area contributed by atoms with Crippen molar-refractivity contribution in [2.45, 2.75) is 90.6 Å². The molecule has 1 aromatic rings. The maximum absolute atomic E-state index is 13.6. The third-order valence-corrected chi connectivity index (χ3v) is 6.17. The van der Waals surface area contributed by atoms with Gasteiger partial charge in [-0.15, -0.1) is 0 Å². The summed E-state index contributed by atoms with van der Waals surface area (Å²) >= 11 is 0. The lowest BCUT2D eigenvalue weighted by molar-refractivity contribution is -0.294.